The Hall–Kier alpha value is -2.35. The van der Waals surface area contributed by atoms with Gasteiger partial charge in [-0.15, -0.1) is 11.3 Å². The number of nitrogens with zero attached hydrogens (tertiary/aromatic N) is 1. The minimum absolute atomic E-state index is 0.121. The number of nitrogens with one attached hydrogen (secondary N) is 2. The van der Waals surface area contributed by atoms with Crippen LogP contribution in [-0.2, 0) is 16.0 Å². The Morgan fingerprint density at radius 1 is 1.15 bits per heavy atom. The van der Waals surface area contributed by atoms with E-state index in [1.807, 2.05) is 0 Å². The molecule has 0 aliphatic heterocycles. The molecule has 1 heterocycles. The van der Waals surface area contributed by atoms with E-state index in [-0.39, 0.29) is 24.8 Å². The Balaban J connectivity index is 1.84. The van der Waals surface area contributed by atoms with Crippen LogP contribution in [0.2, 0.25) is 0 Å². The molecule has 0 aliphatic carbocycles. The highest BCUT2D eigenvalue weighted by molar-refractivity contribution is 7.15. The smallest absolute Gasteiger partial charge is 0.227 e. The van der Waals surface area contributed by atoms with Gasteiger partial charge in [0, 0.05) is 41.9 Å². The summed E-state index contributed by atoms with van der Waals surface area (Å²) in [5, 5.41) is 5.76. The first-order chi connectivity index (χ1) is 12.1. The van der Waals surface area contributed by atoms with Crippen LogP contribution >= 0.6 is 11.3 Å². The molecular weight excluding hydrogens is 360 g/mol. The summed E-state index contributed by atoms with van der Waals surface area (Å²) in [6.45, 7) is 5.63. The van der Waals surface area contributed by atoms with Gasteiger partial charge in [0.2, 0.25) is 11.8 Å². The first-order valence-corrected chi connectivity index (χ1v) is 8.93. The zero-order valence-electron chi connectivity index (χ0n) is 14.9. The maximum absolute atomic E-state index is 13.2. The minimum atomic E-state index is -0.629. The van der Waals surface area contributed by atoms with E-state index in [1.165, 1.54) is 23.5 Å². The van der Waals surface area contributed by atoms with Gasteiger partial charge in [0.05, 0.1) is 0 Å². The number of benzene rings is 1. The molecule has 0 unspecified atom stereocenters. The average molecular weight is 381 g/mol. The minimum Gasteiger partial charge on any atom is -0.355 e. The van der Waals surface area contributed by atoms with E-state index in [0.717, 1.165) is 10.9 Å². The number of amides is 2. The monoisotopic (exact) mass is 381 g/mol. The quantitative estimate of drug-likeness (QED) is 0.804. The van der Waals surface area contributed by atoms with Gasteiger partial charge < -0.3 is 10.6 Å². The number of hydrogen-bond acceptors (Lipinski definition) is 4. The van der Waals surface area contributed by atoms with Crippen LogP contribution < -0.4 is 10.6 Å². The molecule has 0 spiro atoms. The number of rotatable bonds is 6. The van der Waals surface area contributed by atoms with E-state index in [4.69, 9.17) is 0 Å². The second-order valence-corrected chi connectivity index (χ2v) is 8.01. The summed E-state index contributed by atoms with van der Waals surface area (Å²) in [4.78, 5) is 28.5. The Morgan fingerprint density at radius 2 is 1.81 bits per heavy atom. The van der Waals surface area contributed by atoms with Crippen molar-refractivity contribution in [2.24, 2.45) is 5.41 Å². The van der Waals surface area contributed by atoms with Crippen LogP contribution in [0.25, 0.3) is 0 Å². The third-order valence-corrected chi connectivity index (χ3v) is 4.33. The van der Waals surface area contributed by atoms with Crippen molar-refractivity contribution in [3.8, 4) is 0 Å². The predicted octanol–water partition coefficient (Wildman–Crippen LogP) is 3.50. The molecule has 0 saturated carbocycles. The van der Waals surface area contributed by atoms with Crippen molar-refractivity contribution in [1.29, 1.82) is 0 Å². The Labute approximate surface area is 154 Å². The lowest BCUT2D eigenvalue weighted by Gasteiger charge is -2.17. The number of thiazole rings is 1. The number of carbonyl (C=O) groups is 2. The molecular formula is C18H21F2N3O2S. The van der Waals surface area contributed by atoms with Crippen LogP contribution in [0, 0.1) is 17.0 Å². The Bertz CT molecular complexity index is 780. The Kier molecular flexibility index (Phi) is 6.42. The predicted molar refractivity (Wildman–Crippen MR) is 97.0 cm³/mol. The summed E-state index contributed by atoms with van der Waals surface area (Å²) in [6.07, 6.45) is 2.01. The molecule has 0 atom stereocenters. The summed E-state index contributed by atoms with van der Waals surface area (Å²) < 4.78 is 26.4. The van der Waals surface area contributed by atoms with Crippen molar-refractivity contribution in [2.75, 3.05) is 11.9 Å². The van der Waals surface area contributed by atoms with Gasteiger partial charge in [0.15, 0.2) is 5.13 Å². The molecule has 26 heavy (non-hydrogen) atoms. The maximum atomic E-state index is 13.2. The van der Waals surface area contributed by atoms with Crippen LogP contribution in [0.1, 0.15) is 37.6 Å². The summed E-state index contributed by atoms with van der Waals surface area (Å²) >= 11 is 1.24. The fourth-order valence-electron chi connectivity index (χ4n) is 2.10. The molecule has 2 aromatic rings. The second-order valence-electron chi connectivity index (χ2n) is 6.89. The molecule has 8 heteroatoms. The van der Waals surface area contributed by atoms with E-state index in [0.29, 0.717) is 17.1 Å². The first-order valence-electron chi connectivity index (χ1n) is 8.11. The van der Waals surface area contributed by atoms with E-state index in [9.17, 15) is 18.4 Å². The summed E-state index contributed by atoms with van der Waals surface area (Å²) in [5.74, 6) is -1.65. The number of anilines is 1. The molecule has 2 rings (SSSR count). The van der Waals surface area contributed by atoms with Gasteiger partial charge in [-0.25, -0.2) is 13.8 Å². The van der Waals surface area contributed by atoms with Crippen molar-refractivity contribution in [1.82, 2.24) is 10.3 Å². The van der Waals surface area contributed by atoms with E-state index >= 15 is 0 Å². The van der Waals surface area contributed by atoms with E-state index in [2.05, 4.69) is 15.6 Å². The molecule has 5 nitrogen and oxygen atoms in total. The third-order valence-electron chi connectivity index (χ3n) is 3.42. The van der Waals surface area contributed by atoms with Crippen LogP contribution in [0.5, 0.6) is 0 Å². The van der Waals surface area contributed by atoms with Crippen molar-refractivity contribution in [2.45, 2.75) is 33.6 Å². The standard InChI is InChI=1S/C18H21F2N3O2S/c1-18(2,3)16(25)21-5-4-15(24)23-17-22-10-14(26-17)8-11-6-12(19)9-13(20)7-11/h6-7,9-10H,4-5,8H2,1-3H3,(H,21,25)(H,22,23,24). The summed E-state index contributed by atoms with van der Waals surface area (Å²) in [7, 11) is 0. The first kappa shape index (κ1) is 20.0. The zero-order valence-corrected chi connectivity index (χ0v) is 15.7. The topological polar surface area (TPSA) is 71.1 Å². The maximum Gasteiger partial charge on any atom is 0.227 e. The molecule has 0 bridgehead atoms. The number of aromatic nitrogens is 1. The summed E-state index contributed by atoms with van der Waals surface area (Å²) in [5.41, 5.74) is -0.00854. The number of carbonyl (C=O) groups excluding carboxylic acids is 2. The second kappa shape index (κ2) is 8.35. The van der Waals surface area contributed by atoms with Crippen LogP contribution in [0.3, 0.4) is 0 Å². The number of halogens is 2. The average Bonchev–Trinajstić information content (AvgIpc) is 2.91. The molecule has 0 radical (unpaired) electrons. The van der Waals surface area contributed by atoms with Crippen molar-refractivity contribution in [3.05, 3.63) is 46.5 Å². The lowest BCUT2D eigenvalue weighted by molar-refractivity contribution is -0.128. The molecule has 0 fully saturated rings. The van der Waals surface area contributed by atoms with Gasteiger partial charge in [-0.3, -0.25) is 9.59 Å². The molecule has 1 aromatic carbocycles. The van der Waals surface area contributed by atoms with E-state index < -0.39 is 17.0 Å². The Morgan fingerprint density at radius 3 is 2.42 bits per heavy atom. The highest BCUT2D eigenvalue weighted by Crippen LogP contribution is 2.22. The molecule has 140 valence electrons. The highest BCUT2D eigenvalue weighted by atomic mass is 32.1. The van der Waals surface area contributed by atoms with Gasteiger partial charge in [0.1, 0.15) is 11.6 Å². The normalized spacial score (nSPS) is 11.3. The third kappa shape index (κ3) is 6.18. The van der Waals surface area contributed by atoms with E-state index in [1.54, 1.807) is 27.0 Å². The largest absolute Gasteiger partial charge is 0.355 e. The molecule has 0 saturated heterocycles. The van der Waals surface area contributed by atoms with Gasteiger partial charge in [-0.05, 0) is 17.7 Å². The lowest BCUT2D eigenvalue weighted by Crippen LogP contribution is -2.36. The van der Waals surface area contributed by atoms with Gasteiger partial charge in [-0.2, -0.15) is 0 Å². The molecule has 2 N–H and O–H groups in total. The van der Waals surface area contributed by atoms with Crippen LogP contribution in [0.4, 0.5) is 13.9 Å². The molecule has 1 aromatic heterocycles. The number of hydrogen-bond donors (Lipinski definition) is 2. The van der Waals surface area contributed by atoms with Gasteiger partial charge in [-0.1, -0.05) is 20.8 Å². The lowest BCUT2D eigenvalue weighted by atomic mass is 9.96. The fourth-order valence-corrected chi connectivity index (χ4v) is 2.96. The fraction of sp³-hybridized carbons (Fsp3) is 0.389. The zero-order chi connectivity index (χ0) is 19.3. The van der Waals surface area contributed by atoms with Gasteiger partial charge >= 0.3 is 0 Å². The molecule has 0 aliphatic rings. The van der Waals surface area contributed by atoms with Crippen molar-refractivity contribution in [3.63, 3.8) is 0 Å². The molecule has 2 amide bonds. The SMILES string of the molecule is CC(C)(C)C(=O)NCCC(=O)Nc1ncc(Cc2cc(F)cc(F)c2)s1. The van der Waals surface area contributed by atoms with Crippen molar-refractivity contribution < 1.29 is 18.4 Å². The van der Waals surface area contributed by atoms with Crippen LogP contribution in [-0.4, -0.2) is 23.3 Å². The van der Waals surface area contributed by atoms with Gasteiger partial charge in [0.25, 0.3) is 0 Å². The van der Waals surface area contributed by atoms with Crippen LogP contribution in [0.15, 0.2) is 24.4 Å². The summed E-state index contributed by atoms with van der Waals surface area (Å²) in [6, 6.07) is 3.35. The van der Waals surface area contributed by atoms with Crippen molar-refractivity contribution >= 4 is 28.3 Å². The highest BCUT2D eigenvalue weighted by Gasteiger charge is 2.20.